The SMILES string of the molecule is C[C@H](S)c1ccc(OC(F)(F)F)cc1. The van der Waals surface area contributed by atoms with E-state index in [9.17, 15) is 13.2 Å². The van der Waals surface area contributed by atoms with Crippen molar-refractivity contribution < 1.29 is 17.9 Å². The molecule has 0 amide bonds. The maximum atomic E-state index is 11.8. The number of halogens is 3. The van der Waals surface area contributed by atoms with Gasteiger partial charge in [0.2, 0.25) is 0 Å². The first-order chi connectivity index (χ1) is 6.38. The molecule has 0 bridgehead atoms. The Morgan fingerprint density at radius 3 is 2.07 bits per heavy atom. The fraction of sp³-hybridized carbons (Fsp3) is 0.333. The van der Waals surface area contributed by atoms with Gasteiger partial charge in [0.1, 0.15) is 5.75 Å². The molecule has 1 atom stereocenters. The highest BCUT2D eigenvalue weighted by molar-refractivity contribution is 7.80. The number of ether oxygens (including phenoxy) is 1. The highest BCUT2D eigenvalue weighted by Crippen LogP contribution is 2.25. The quantitative estimate of drug-likeness (QED) is 0.752. The van der Waals surface area contributed by atoms with E-state index in [1.54, 1.807) is 12.1 Å². The average Bonchev–Trinajstić information content (AvgIpc) is 2.02. The number of hydrogen-bond acceptors (Lipinski definition) is 2. The number of rotatable bonds is 2. The third-order valence-corrected chi connectivity index (χ3v) is 1.89. The molecule has 5 heteroatoms. The van der Waals surface area contributed by atoms with Crippen LogP contribution in [0.25, 0.3) is 0 Å². The minimum Gasteiger partial charge on any atom is -0.406 e. The Hall–Kier alpha value is -0.840. The standard InChI is InChI=1S/C9H9F3OS/c1-6(14)7-2-4-8(5-3-7)13-9(10,11)12/h2-6,14H,1H3/t6-/m0/s1. The van der Waals surface area contributed by atoms with Gasteiger partial charge in [-0.1, -0.05) is 12.1 Å². The number of thiol groups is 1. The van der Waals surface area contributed by atoms with E-state index in [2.05, 4.69) is 17.4 Å². The summed E-state index contributed by atoms with van der Waals surface area (Å²) in [5.41, 5.74) is 0.850. The van der Waals surface area contributed by atoms with Crippen molar-refractivity contribution in [3.8, 4) is 5.75 Å². The lowest BCUT2D eigenvalue weighted by molar-refractivity contribution is -0.274. The molecule has 0 N–H and O–H groups in total. The Balaban J connectivity index is 2.74. The Morgan fingerprint density at radius 2 is 1.71 bits per heavy atom. The summed E-state index contributed by atoms with van der Waals surface area (Å²) in [6.07, 6.45) is -4.63. The lowest BCUT2D eigenvalue weighted by Crippen LogP contribution is -2.17. The maximum absolute atomic E-state index is 11.8. The molecule has 0 heterocycles. The third kappa shape index (κ3) is 3.49. The Labute approximate surface area is 85.3 Å². The summed E-state index contributed by atoms with van der Waals surface area (Å²) in [5.74, 6) is -0.213. The normalized spacial score (nSPS) is 13.8. The van der Waals surface area contributed by atoms with Gasteiger partial charge in [-0.2, -0.15) is 12.6 Å². The molecule has 0 unspecified atom stereocenters. The van der Waals surface area contributed by atoms with E-state index in [-0.39, 0.29) is 11.0 Å². The minimum absolute atomic E-state index is 0.00469. The first kappa shape index (κ1) is 11.2. The van der Waals surface area contributed by atoms with Gasteiger partial charge in [-0.05, 0) is 24.6 Å². The van der Waals surface area contributed by atoms with Gasteiger partial charge in [0.15, 0.2) is 0 Å². The zero-order chi connectivity index (χ0) is 10.8. The molecule has 0 saturated heterocycles. The third-order valence-electron chi connectivity index (χ3n) is 1.60. The van der Waals surface area contributed by atoms with Crippen molar-refractivity contribution in [2.75, 3.05) is 0 Å². The highest BCUT2D eigenvalue weighted by Gasteiger charge is 2.30. The van der Waals surface area contributed by atoms with Crippen molar-refractivity contribution in [1.29, 1.82) is 0 Å². The zero-order valence-corrected chi connectivity index (χ0v) is 8.27. The summed E-state index contributed by atoms with van der Waals surface area (Å²) in [4.78, 5) is 0. The van der Waals surface area contributed by atoms with Crippen molar-refractivity contribution in [2.45, 2.75) is 18.5 Å². The summed E-state index contributed by atoms with van der Waals surface area (Å²) in [6, 6.07) is 5.66. The van der Waals surface area contributed by atoms with Crippen LogP contribution in [0.4, 0.5) is 13.2 Å². The predicted molar refractivity (Wildman–Crippen MR) is 50.5 cm³/mol. The largest absolute Gasteiger partial charge is 0.573 e. The van der Waals surface area contributed by atoms with Crippen molar-refractivity contribution in [2.24, 2.45) is 0 Å². The molecule has 0 radical (unpaired) electrons. The van der Waals surface area contributed by atoms with Crippen LogP contribution in [-0.4, -0.2) is 6.36 Å². The van der Waals surface area contributed by atoms with E-state index in [1.165, 1.54) is 12.1 Å². The Bertz CT molecular complexity index is 292. The molecule has 0 aromatic heterocycles. The molecule has 1 aromatic rings. The molecular formula is C9H9F3OS. The smallest absolute Gasteiger partial charge is 0.406 e. The Morgan fingerprint density at radius 1 is 1.21 bits per heavy atom. The van der Waals surface area contributed by atoms with Crippen LogP contribution in [0.1, 0.15) is 17.7 Å². The first-order valence-corrected chi connectivity index (χ1v) is 4.44. The number of alkyl halides is 3. The van der Waals surface area contributed by atoms with Crippen LogP contribution in [0.2, 0.25) is 0 Å². The number of hydrogen-bond donors (Lipinski definition) is 1. The second-order valence-corrected chi connectivity index (χ2v) is 3.57. The molecular weight excluding hydrogens is 213 g/mol. The van der Waals surface area contributed by atoms with Gasteiger partial charge in [-0.25, -0.2) is 0 Å². The molecule has 1 nitrogen and oxygen atoms in total. The van der Waals surface area contributed by atoms with Crippen LogP contribution >= 0.6 is 12.6 Å². The van der Waals surface area contributed by atoms with Crippen LogP contribution in [0.3, 0.4) is 0 Å². The molecule has 1 aromatic carbocycles. The second-order valence-electron chi connectivity index (χ2n) is 2.79. The summed E-state index contributed by atoms with van der Waals surface area (Å²) in [6.45, 7) is 1.84. The average molecular weight is 222 g/mol. The maximum Gasteiger partial charge on any atom is 0.573 e. The van der Waals surface area contributed by atoms with Gasteiger partial charge in [0, 0.05) is 5.25 Å². The van der Waals surface area contributed by atoms with E-state index in [0.29, 0.717) is 0 Å². The topological polar surface area (TPSA) is 9.23 Å². The minimum atomic E-state index is -4.63. The lowest BCUT2D eigenvalue weighted by atomic mass is 10.2. The second kappa shape index (κ2) is 4.13. The van der Waals surface area contributed by atoms with E-state index < -0.39 is 6.36 Å². The molecule has 1 rings (SSSR count). The van der Waals surface area contributed by atoms with Crippen LogP contribution in [0.5, 0.6) is 5.75 Å². The molecule has 14 heavy (non-hydrogen) atoms. The zero-order valence-electron chi connectivity index (χ0n) is 7.38. The van der Waals surface area contributed by atoms with Gasteiger partial charge in [-0.15, -0.1) is 13.2 Å². The lowest BCUT2D eigenvalue weighted by Gasteiger charge is -2.10. The predicted octanol–water partition coefficient (Wildman–Crippen LogP) is 3.58. The fourth-order valence-corrected chi connectivity index (χ4v) is 1.12. The summed E-state index contributed by atoms with van der Waals surface area (Å²) in [7, 11) is 0. The van der Waals surface area contributed by atoms with E-state index in [4.69, 9.17) is 0 Å². The van der Waals surface area contributed by atoms with Gasteiger partial charge >= 0.3 is 6.36 Å². The van der Waals surface area contributed by atoms with Crippen LogP contribution in [0.15, 0.2) is 24.3 Å². The highest BCUT2D eigenvalue weighted by atomic mass is 32.1. The molecule has 0 aliphatic carbocycles. The monoisotopic (exact) mass is 222 g/mol. The number of benzene rings is 1. The van der Waals surface area contributed by atoms with Crippen molar-refractivity contribution in [1.82, 2.24) is 0 Å². The molecule has 78 valence electrons. The van der Waals surface area contributed by atoms with Crippen molar-refractivity contribution >= 4 is 12.6 Å². The summed E-state index contributed by atoms with van der Waals surface area (Å²) >= 11 is 4.15. The van der Waals surface area contributed by atoms with Gasteiger partial charge < -0.3 is 4.74 Å². The van der Waals surface area contributed by atoms with Crippen LogP contribution in [-0.2, 0) is 0 Å². The molecule has 0 aliphatic rings. The summed E-state index contributed by atoms with van der Waals surface area (Å²) in [5, 5.41) is -0.00469. The molecule has 0 aliphatic heterocycles. The van der Waals surface area contributed by atoms with Crippen LogP contribution < -0.4 is 4.74 Å². The van der Waals surface area contributed by atoms with Crippen LogP contribution in [0, 0.1) is 0 Å². The van der Waals surface area contributed by atoms with Gasteiger partial charge in [0.05, 0.1) is 0 Å². The molecule has 0 saturated carbocycles. The van der Waals surface area contributed by atoms with Gasteiger partial charge in [0.25, 0.3) is 0 Å². The summed E-state index contributed by atoms with van der Waals surface area (Å²) < 4.78 is 39.0. The van der Waals surface area contributed by atoms with E-state index >= 15 is 0 Å². The molecule has 0 fully saturated rings. The Kier molecular flexibility index (Phi) is 3.31. The van der Waals surface area contributed by atoms with E-state index in [0.717, 1.165) is 5.56 Å². The first-order valence-electron chi connectivity index (χ1n) is 3.92. The van der Waals surface area contributed by atoms with Gasteiger partial charge in [-0.3, -0.25) is 0 Å². The van der Waals surface area contributed by atoms with E-state index in [1.807, 2.05) is 6.92 Å². The van der Waals surface area contributed by atoms with Crippen molar-refractivity contribution in [3.63, 3.8) is 0 Å². The van der Waals surface area contributed by atoms with Crippen molar-refractivity contribution in [3.05, 3.63) is 29.8 Å². The molecule has 0 spiro atoms. The fourth-order valence-electron chi connectivity index (χ4n) is 0.948.